The standard InChI is InChI=1S/C21H34N4O5S/c1-15(2)25(20(27)30-21(3,4)5)14-16-7-6-12-24(13-16)19(26)23-17-8-10-18(11-9-17)31(22,28)29/h8-11,15-16H,6-7,12-14H2,1-5H3,(H,23,26)(H2,22,28,29). The highest BCUT2D eigenvalue weighted by Gasteiger charge is 2.30. The van der Waals surface area contributed by atoms with Crippen molar-refractivity contribution in [1.82, 2.24) is 9.80 Å². The van der Waals surface area contributed by atoms with Gasteiger partial charge in [0.2, 0.25) is 10.0 Å². The lowest BCUT2D eigenvalue weighted by atomic mass is 9.97. The van der Waals surface area contributed by atoms with Gasteiger partial charge < -0.3 is 19.9 Å². The van der Waals surface area contributed by atoms with Crippen molar-refractivity contribution in [2.75, 3.05) is 25.0 Å². The quantitative estimate of drug-likeness (QED) is 0.707. The van der Waals surface area contributed by atoms with Crippen LogP contribution in [0.15, 0.2) is 29.2 Å². The maximum Gasteiger partial charge on any atom is 0.410 e. The van der Waals surface area contributed by atoms with Crippen LogP contribution < -0.4 is 10.5 Å². The summed E-state index contributed by atoms with van der Waals surface area (Å²) in [6, 6.07) is 5.43. The molecule has 3 amide bonds. The SMILES string of the molecule is CC(C)N(CC1CCCN(C(=O)Nc2ccc(S(N)(=O)=O)cc2)C1)C(=O)OC(C)(C)C. The van der Waals surface area contributed by atoms with E-state index in [0.29, 0.717) is 25.3 Å². The Morgan fingerprint density at radius 2 is 1.87 bits per heavy atom. The van der Waals surface area contributed by atoms with E-state index in [0.717, 1.165) is 12.8 Å². The lowest BCUT2D eigenvalue weighted by molar-refractivity contribution is 0.0132. The van der Waals surface area contributed by atoms with E-state index in [-0.39, 0.29) is 29.0 Å². The van der Waals surface area contributed by atoms with Gasteiger partial charge in [-0.15, -0.1) is 0 Å². The molecule has 10 heteroatoms. The largest absolute Gasteiger partial charge is 0.444 e. The molecule has 1 fully saturated rings. The average Bonchev–Trinajstić information content (AvgIpc) is 2.64. The summed E-state index contributed by atoms with van der Waals surface area (Å²) in [6.07, 6.45) is 1.40. The number of benzene rings is 1. The summed E-state index contributed by atoms with van der Waals surface area (Å²) in [5.41, 5.74) is -0.0846. The Balaban J connectivity index is 1.98. The zero-order chi connectivity index (χ0) is 23.4. The molecule has 174 valence electrons. The van der Waals surface area contributed by atoms with Crippen LogP contribution in [0, 0.1) is 5.92 Å². The molecule has 1 aliphatic rings. The van der Waals surface area contributed by atoms with Crippen molar-refractivity contribution in [3.8, 4) is 0 Å². The van der Waals surface area contributed by atoms with E-state index in [4.69, 9.17) is 9.88 Å². The van der Waals surface area contributed by atoms with E-state index >= 15 is 0 Å². The van der Waals surface area contributed by atoms with Crippen molar-refractivity contribution >= 4 is 27.8 Å². The van der Waals surface area contributed by atoms with Crippen LogP contribution in [0.1, 0.15) is 47.5 Å². The summed E-state index contributed by atoms with van der Waals surface area (Å²) in [6.45, 7) is 11.1. The summed E-state index contributed by atoms with van der Waals surface area (Å²) in [7, 11) is -3.78. The molecule has 0 bridgehead atoms. The molecule has 1 atom stereocenters. The van der Waals surface area contributed by atoms with E-state index in [1.807, 2.05) is 34.6 Å². The first-order chi connectivity index (χ1) is 14.3. The summed E-state index contributed by atoms with van der Waals surface area (Å²) in [4.78, 5) is 28.7. The molecule has 0 spiro atoms. The van der Waals surface area contributed by atoms with Crippen LogP contribution in [-0.4, -0.2) is 61.6 Å². The molecule has 1 aromatic carbocycles. The minimum absolute atomic E-state index is 0.0144. The molecule has 0 aliphatic carbocycles. The van der Waals surface area contributed by atoms with Gasteiger partial charge in [-0.25, -0.2) is 23.1 Å². The molecule has 31 heavy (non-hydrogen) atoms. The predicted molar refractivity (Wildman–Crippen MR) is 119 cm³/mol. The van der Waals surface area contributed by atoms with Gasteiger partial charge in [0.25, 0.3) is 0 Å². The van der Waals surface area contributed by atoms with E-state index in [1.165, 1.54) is 24.3 Å². The van der Waals surface area contributed by atoms with Crippen LogP contribution in [0.4, 0.5) is 15.3 Å². The summed E-state index contributed by atoms with van der Waals surface area (Å²) in [5.74, 6) is 0.138. The number of hydrogen-bond acceptors (Lipinski definition) is 5. The number of hydrogen-bond donors (Lipinski definition) is 2. The molecule has 1 aromatic rings. The molecule has 1 saturated heterocycles. The fourth-order valence-electron chi connectivity index (χ4n) is 3.42. The van der Waals surface area contributed by atoms with Crippen molar-refractivity contribution in [2.24, 2.45) is 11.1 Å². The lowest BCUT2D eigenvalue weighted by Gasteiger charge is -2.37. The maximum atomic E-state index is 12.7. The van der Waals surface area contributed by atoms with Gasteiger partial charge in [-0.05, 0) is 77.6 Å². The van der Waals surface area contributed by atoms with Gasteiger partial charge in [0.05, 0.1) is 4.90 Å². The first-order valence-electron chi connectivity index (χ1n) is 10.4. The Morgan fingerprint density at radius 1 is 1.26 bits per heavy atom. The first kappa shape index (κ1) is 24.9. The van der Waals surface area contributed by atoms with E-state index in [2.05, 4.69) is 5.32 Å². The zero-order valence-electron chi connectivity index (χ0n) is 18.9. The van der Waals surface area contributed by atoms with Gasteiger partial charge in [-0.1, -0.05) is 0 Å². The van der Waals surface area contributed by atoms with Crippen molar-refractivity contribution in [1.29, 1.82) is 0 Å². The van der Waals surface area contributed by atoms with Crippen molar-refractivity contribution in [2.45, 2.75) is 64.0 Å². The third-order valence-corrected chi connectivity index (χ3v) is 5.88. The molecule has 1 unspecified atom stereocenters. The molecular weight excluding hydrogens is 420 g/mol. The first-order valence-corrected chi connectivity index (χ1v) is 12.0. The van der Waals surface area contributed by atoms with Crippen molar-refractivity contribution in [3.63, 3.8) is 0 Å². The number of likely N-dealkylation sites (tertiary alicyclic amines) is 1. The highest BCUT2D eigenvalue weighted by atomic mass is 32.2. The van der Waals surface area contributed by atoms with E-state index in [1.54, 1.807) is 9.80 Å². The van der Waals surface area contributed by atoms with Crippen LogP contribution in [-0.2, 0) is 14.8 Å². The van der Waals surface area contributed by atoms with Crippen LogP contribution in [0.2, 0.25) is 0 Å². The molecule has 2 rings (SSSR count). The molecular formula is C21H34N4O5S. The fourth-order valence-corrected chi connectivity index (χ4v) is 3.94. The van der Waals surface area contributed by atoms with Gasteiger partial charge in [0, 0.05) is 31.4 Å². The number of rotatable bonds is 5. The van der Waals surface area contributed by atoms with Crippen LogP contribution in [0.25, 0.3) is 0 Å². The molecule has 0 radical (unpaired) electrons. The van der Waals surface area contributed by atoms with Crippen molar-refractivity contribution in [3.05, 3.63) is 24.3 Å². The number of anilines is 1. The van der Waals surface area contributed by atoms with Gasteiger partial charge in [-0.2, -0.15) is 0 Å². The molecule has 0 aromatic heterocycles. The monoisotopic (exact) mass is 454 g/mol. The second kappa shape index (κ2) is 9.86. The second-order valence-corrected chi connectivity index (χ2v) is 10.7. The Hall–Kier alpha value is -2.33. The number of nitrogens with one attached hydrogen (secondary N) is 1. The van der Waals surface area contributed by atoms with E-state index < -0.39 is 15.6 Å². The number of piperidine rings is 1. The number of ether oxygens (including phenoxy) is 1. The summed E-state index contributed by atoms with van der Waals surface area (Å²) < 4.78 is 28.2. The molecule has 1 aliphatic heterocycles. The highest BCUT2D eigenvalue weighted by molar-refractivity contribution is 7.89. The molecule has 3 N–H and O–H groups in total. The van der Waals surface area contributed by atoms with Gasteiger partial charge in [-0.3, -0.25) is 0 Å². The third-order valence-electron chi connectivity index (χ3n) is 4.95. The summed E-state index contributed by atoms with van der Waals surface area (Å²) in [5, 5.41) is 7.88. The van der Waals surface area contributed by atoms with Gasteiger partial charge in [0.15, 0.2) is 0 Å². The molecule has 1 heterocycles. The van der Waals surface area contributed by atoms with Crippen molar-refractivity contribution < 1.29 is 22.7 Å². The van der Waals surface area contributed by atoms with Gasteiger partial charge >= 0.3 is 12.1 Å². The Labute approximate surface area is 185 Å². The number of amides is 3. The fraction of sp³-hybridized carbons (Fsp3) is 0.619. The van der Waals surface area contributed by atoms with Gasteiger partial charge in [0.1, 0.15) is 5.60 Å². The van der Waals surface area contributed by atoms with Crippen LogP contribution in [0.3, 0.4) is 0 Å². The average molecular weight is 455 g/mol. The molecule has 0 saturated carbocycles. The Bertz CT molecular complexity index is 878. The number of nitrogens with zero attached hydrogens (tertiary/aromatic N) is 2. The van der Waals surface area contributed by atoms with Crippen LogP contribution >= 0.6 is 0 Å². The number of nitrogens with two attached hydrogens (primary N) is 1. The minimum Gasteiger partial charge on any atom is -0.444 e. The Morgan fingerprint density at radius 3 is 2.39 bits per heavy atom. The smallest absolute Gasteiger partial charge is 0.410 e. The lowest BCUT2D eigenvalue weighted by Crippen LogP contribution is -2.48. The highest BCUT2D eigenvalue weighted by Crippen LogP contribution is 2.22. The van der Waals surface area contributed by atoms with E-state index in [9.17, 15) is 18.0 Å². The third kappa shape index (κ3) is 7.70. The summed E-state index contributed by atoms with van der Waals surface area (Å²) >= 11 is 0. The second-order valence-electron chi connectivity index (χ2n) is 9.18. The number of carbonyl (C=O) groups excluding carboxylic acids is 2. The molecule has 9 nitrogen and oxygen atoms in total. The topological polar surface area (TPSA) is 122 Å². The minimum atomic E-state index is -3.78. The number of sulfonamides is 1. The normalized spacial score (nSPS) is 17.4. The Kier molecular flexibility index (Phi) is 7.93. The number of primary sulfonamides is 1. The zero-order valence-corrected chi connectivity index (χ0v) is 19.7. The van der Waals surface area contributed by atoms with Crippen LogP contribution in [0.5, 0.6) is 0 Å². The predicted octanol–water partition coefficient (Wildman–Crippen LogP) is 3.22. The number of carbonyl (C=O) groups is 2. The number of urea groups is 1. The maximum absolute atomic E-state index is 12.7.